The van der Waals surface area contributed by atoms with Gasteiger partial charge in [0, 0.05) is 18.2 Å². The first-order chi connectivity index (χ1) is 13.9. The molecule has 1 aliphatic heterocycles. The van der Waals surface area contributed by atoms with Crippen molar-refractivity contribution in [3.05, 3.63) is 53.1 Å². The maximum atomic E-state index is 12.6. The van der Waals surface area contributed by atoms with Gasteiger partial charge in [-0.2, -0.15) is 5.26 Å². The molecule has 0 aliphatic carbocycles. The van der Waals surface area contributed by atoms with Crippen LogP contribution in [0.25, 0.3) is 0 Å². The fourth-order valence-electron chi connectivity index (χ4n) is 3.18. The second-order valence-corrected chi connectivity index (χ2v) is 8.67. The predicted molar refractivity (Wildman–Crippen MR) is 109 cm³/mol. The molecule has 1 heterocycles. The molecule has 2 aromatic rings. The third kappa shape index (κ3) is 4.35. The number of carbonyl (C=O) groups excluding carboxylic acids is 1. The smallest absolute Gasteiger partial charge is 0.234 e. The van der Waals surface area contributed by atoms with Gasteiger partial charge in [-0.05, 0) is 56.2 Å². The number of Topliss-reactive ketones (excluding diaryl/α,β-unsaturated/α-hetero) is 1. The Morgan fingerprint density at radius 1 is 1.14 bits per heavy atom. The molecular weight excluding hydrogens is 392 g/mol. The highest BCUT2D eigenvalue weighted by Gasteiger charge is 2.28. The van der Waals surface area contributed by atoms with Gasteiger partial charge in [0.1, 0.15) is 0 Å². The van der Waals surface area contributed by atoms with Crippen molar-refractivity contribution in [2.75, 3.05) is 29.8 Å². The van der Waals surface area contributed by atoms with Crippen LogP contribution >= 0.6 is 0 Å². The molecule has 7 nitrogen and oxygen atoms in total. The quantitative estimate of drug-likeness (QED) is 0.616. The molecule has 0 atom stereocenters. The number of fused-ring (bicyclic) bond motifs is 1. The number of carbonyl (C=O) groups is 1. The maximum absolute atomic E-state index is 12.6. The monoisotopic (exact) mass is 414 g/mol. The average Bonchev–Trinajstić information content (AvgIpc) is 3.17. The van der Waals surface area contributed by atoms with E-state index in [4.69, 9.17) is 14.7 Å². The molecule has 1 aliphatic rings. The Morgan fingerprint density at radius 3 is 2.62 bits per heavy atom. The number of ether oxygens (including phenoxy) is 2. The number of hydrogen-bond donors (Lipinski definition) is 0. The van der Waals surface area contributed by atoms with Crippen molar-refractivity contribution in [2.45, 2.75) is 20.3 Å². The van der Waals surface area contributed by atoms with Gasteiger partial charge in [-0.25, -0.2) is 8.42 Å². The van der Waals surface area contributed by atoms with E-state index in [0.717, 1.165) is 5.56 Å². The average molecular weight is 414 g/mol. The molecule has 0 aromatic heterocycles. The van der Waals surface area contributed by atoms with E-state index in [1.54, 1.807) is 43.3 Å². The lowest BCUT2D eigenvalue weighted by Gasteiger charge is -2.18. The number of benzene rings is 2. The molecule has 2 aromatic carbocycles. The van der Waals surface area contributed by atoms with Crippen LogP contribution in [0.5, 0.6) is 11.5 Å². The lowest BCUT2D eigenvalue weighted by atomic mass is 10.1. The molecule has 0 saturated carbocycles. The molecule has 3 rings (SSSR count). The van der Waals surface area contributed by atoms with Crippen LogP contribution in [-0.4, -0.2) is 39.7 Å². The summed E-state index contributed by atoms with van der Waals surface area (Å²) in [5, 5.41) is 9.01. The van der Waals surface area contributed by atoms with Crippen molar-refractivity contribution >= 4 is 21.5 Å². The molecule has 0 N–H and O–H groups in total. The van der Waals surface area contributed by atoms with Crippen LogP contribution < -0.4 is 13.8 Å². The fourth-order valence-corrected chi connectivity index (χ4v) is 4.34. The molecular formula is C21H22N2O5S. The second-order valence-electron chi connectivity index (χ2n) is 6.48. The minimum Gasteiger partial charge on any atom is -0.490 e. The summed E-state index contributed by atoms with van der Waals surface area (Å²) in [6.45, 7) is 4.04. The molecule has 0 bridgehead atoms. The Labute approximate surface area is 170 Å². The van der Waals surface area contributed by atoms with Gasteiger partial charge in [0.15, 0.2) is 23.9 Å². The molecule has 0 fully saturated rings. The van der Waals surface area contributed by atoms with E-state index >= 15 is 0 Å². The van der Waals surface area contributed by atoms with Crippen LogP contribution in [0.1, 0.15) is 35.3 Å². The van der Waals surface area contributed by atoms with Crippen LogP contribution in [0.4, 0.5) is 5.69 Å². The zero-order chi connectivity index (χ0) is 21.0. The predicted octanol–water partition coefficient (Wildman–Crippen LogP) is 2.93. The van der Waals surface area contributed by atoms with Gasteiger partial charge in [0.25, 0.3) is 0 Å². The third-order valence-corrected chi connectivity index (χ3v) is 6.47. The fraction of sp³-hybridized carbons (Fsp3) is 0.333. The number of ketones is 1. The maximum Gasteiger partial charge on any atom is 0.234 e. The minimum atomic E-state index is -3.32. The normalized spacial score (nSPS) is 12.9. The van der Waals surface area contributed by atoms with E-state index in [1.165, 1.54) is 4.31 Å². The molecule has 0 amide bonds. The van der Waals surface area contributed by atoms with E-state index < -0.39 is 10.0 Å². The van der Waals surface area contributed by atoms with Crippen molar-refractivity contribution in [1.82, 2.24) is 0 Å². The third-order valence-electron chi connectivity index (χ3n) is 4.69. The first kappa shape index (κ1) is 20.7. The van der Waals surface area contributed by atoms with Gasteiger partial charge >= 0.3 is 0 Å². The summed E-state index contributed by atoms with van der Waals surface area (Å²) in [6, 6.07) is 11.8. The summed E-state index contributed by atoms with van der Waals surface area (Å²) < 4.78 is 36.9. The van der Waals surface area contributed by atoms with Gasteiger partial charge < -0.3 is 9.47 Å². The van der Waals surface area contributed by atoms with Gasteiger partial charge in [-0.3, -0.25) is 9.10 Å². The number of anilines is 1. The molecule has 152 valence electrons. The highest BCUT2D eigenvalue weighted by molar-refractivity contribution is 7.92. The standard InChI is InChI=1S/C21H22N2O5S/c1-3-27-21-11-15(13-22)5-8-20(21)28-14-19(24)17-6-7-18-16(12-17)9-10-23(18)29(25,26)4-2/h5-8,11-12H,3-4,9-10,14H2,1-2H3. The van der Waals surface area contributed by atoms with E-state index in [0.29, 0.717) is 47.9 Å². The number of sulfonamides is 1. The van der Waals surface area contributed by atoms with Crippen LogP contribution in [0.3, 0.4) is 0 Å². The molecule has 0 spiro atoms. The highest BCUT2D eigenvalue weighted by atomic mass is 32.2. The summed E-state index contributed by atoms with van der Waals surface area (Å²) in [5.74, 6) is 0.610. The molecule has 0 saturated heterocycles. The Morgan fingerprint density at radius 2 is 1.93 bits per heavy atom. The summed E-state index contributed by atoms with van der Waals surface area (Å²) in [4.78, 5) is 12.6. The van der Waals surface area contributed by atoms with Gasteiger partial charge in [-0.15, -0.1) is 0 Å². The number of nitriles is 1. The zero-order valence-electron chi connectivity index (χ0n) is 16.3. The largest absolute Gasteiger partial charge is 0.490 e. The van der Waals surface area contributed by atoms with Crippen molar-refractivity contribution in [3.8, 4) is 17.6 Å². The summed E-state index contributed by atoms with van der Waals surface area (Å²) >= 11 is 0. The van der Waals surface area contributed by atoms with Crippen molar-refractivity contribution in [1.29, 1.82) is 5.26 Å². The van der Waals surface area contributed by atoms with Gasteiger partial charge in [0.2, 0.25) is 10.0 Å². The van der Waals surface area contributed by atoms with E-state index in [9.17, 15) is 13.2 Å². The van der Waals surface area contributed by atoms with Crippen LogP contribution in [0, 0.1) is 11.3 Å². The number of nitrogens with zero attached hydrogens (tertiary/aromatic N) is 2. The summed E-state index contributed by atoms with van der Waals surface area (Å²) in [7, 11) is -3.32. The Hall–Kier alpha value is -3.05. The van der Waals surface area contributed by atoms with Crippen molar-refractivity contribution < 1.29 is 22.7 Å². The second kappa shape index (κ2) is 8.53. The molecule has 0 unspecified atom stereocenters. The lowest BCUT2D eigenvalue weighted by Crippen LogP contribution is -2.30. The minimum absolute atomic E-state index is 0.0354. The number of hydrogen-bond acceptors (Lipinski definition) is 6. The van der Waals surface area contributed by atoms with Gasteiger partial charge in [-0.1, -0.05) is 0 Å². The van der Waals surface area contributed by atoms with Crippen LogP contribution in [-0.2, 0) is 16.4 Å². The first-order valence-corrected chi connectivity index (χ1v) is 11.0. The van der Waals surface area contributed by atoms with Crippen LogP contribution in [0.15, 0.2) is 36.4 Å². The highest BCUT2D eigenvalue weighted by Crippen LogP contribution is 2.32. The SMILES string of the molecule is CCOc1cc(C#N)ccc1OCC(=O)c1ccc2c(c1)CCN2S(=O)(=O)CC. The Kier molecular flexibility index (Phi) is 6.09. The first-order valence-electron chi connectivity index (χ1n) is 9.36. The van der Waals surface area contributed by atoms with E-state index in [1.807, 2.05) is 13.0 Å². The van der Waals surface area contributed by atoms with E-state index in [-0.39, 0.29) is 18.1 Å². The molecule has 8 heteroatoms. The van der Waals surface area contributed by atoms with Crippen molar-refractivity contribution in [3.63, 3.8) is 0 Å². The van der Waals surface area contributed by atoms with Gasteiger partial charge in [0.05, 0.1) is 29.7 Å². The Balaban J connectivity index is 1.74. The van der Waals surface area contributed by atoms with Crippen molar-refractivity contribution in [2.24, 2.45) is 0 Å². The molecule has 0 radical (unpaired) electrons. The lowest BCUT2D eigenvalue weighted by molar-refractivity contribution is 0.0919. The Bertz CT molecular complexity index is 1070. The summed E-state index contributed by atoms with van der Waals surface area (Å²) in [6.07, 6.45) is 0.570. The van der Waals surface area contributed by atoms with Crippen LogP contribution in [0.2, 0.25) is 0 Å². The number of rotatable bonds is 8. The zero-order valence-corrected chi connectivity index (χ0v) is 17.2. The van der Waals surface area contributed by atoms with E-state index in [2.05, 4.69) is 0 Å². The topological polar surface area (TPSA) is 96.7 Å². The summed E-state index contributed by atoms with van der Waals surface area (Å²) in [5.41, 5.74) is 2.37. The molecule has 29 heavy (non-hydrogen) atoms.